The lowest BCUT2D eigenvalue weighted by molar-refractivity contribution is -0.122. The van der Waals surface area contributed by atoms with Crippen LogP contribution in [0.2, 0.25) is 10.0 Å². The van der Waals surface area contributed by atoms with E-state index in [4.69, 9.17) is 23.2 Å². The minimum atomic E-state index is -0.209. The molecule has 4 rings (SSSR count). The number of hydrogen-bond acceptors (Lipinski definition) is 4. The van der Waals surface area contributed by atoms with Crippen molar-refractivity contribution in [2.75, 3.05) is 0 Å². The fraction of sp³-hybridized carbons (Fsp3) is 0.150. The van der Waals surface area contributed by atoms with Crippen LogP contribution in [0.1, 0.15) is 18.5 Å². The van der Waals surface area contributed by atoms with Crippen LogP contribution in [0.3, 0.4) is 0 Å². The average Bonchev–Trinajstić information content (AvgIpc) is 3.32. The van der Waals surface area contributed by atoms with Gasteiger partial charge in [-0.3, -0.25) is 4.79 Å². The molecule has 2 aromatic heterocycles. The number of imidazole rings is 1. The van der Waals surface area contributed by atoms with Gasteiger partial charge in [0.1, 0.15) is 12.2 Å². The van der Waals surface area contributed by atoms with Gasteiger partial charge >= 0.3 is 0 Å². The third kappa shape index (κ3) is 3.76. The predicted octanol–water partition coefficient (Wildman–Crippen LogP) is 5.34. The lowest BCUT2D eigenvalue weighted by atomic mass is 10.1. The Labute approximate surface area is 176 Å². The second kappa shape index (κ2) is 7.91. The summed E-state index contributed by atoms with van der Waals surface area (Å²) >= 11 is 13.6. The van der Waals surface area contributed by atoms with E-state index in [-0.39, 0.29) is 18.5 Å². The van der Waals surface area contributed by atoms with Crippen LogP contribution in [0, 0.1) is 0 Å². The summed E-state index contributed by atoms with van der Waals surface area (Å²) in [5.74, 6) is 0.554. The number of amides is 1. The van der Waals surface area contributed by atoms with Gasteiger partial charge < -0.3 is 9.88 Å². The van der Waals surface area contributed by atoms with E-state index >= 15 is 0 Å². The maximum absolute atomic E-state index is 12.8. The summed E-state index contributed by atoms with van der Waals surface area (Å²) in [6, 6.07) is 12.9. The van der Waals surface area contributed by atoms with Crippen LogP contribution in [0.15, 0.2) is 53.4 Å². The van der Waals surface area contributed by atoms with Crippen LogP contribution in [-0.2, 0) is 11.3 Å². The molecule has 1 unspecified atom stereocenters. The van der Waals surface area contributed by atoms with E-state index in [1.165, 1.54) is 11.3 Å². The first-order chi connectivity index (χ1) is 13.5. The number of nitrogens with zero attached hydrogens (tertiary/aromatic N) is 3. The van der Waals surface area contributed by atoms with Gasteiger partial charge in [0, 0.05) is 5.38 Å². The highest BCUT2D eigenvalue weighted by Crippen LogP contribution is 2.26. The van der Waals surface area contributed by atoms with Gasteiger partial charge in [-0.1, -0.05) is 41.4 Å². The monoisotopic (exact) mass is 430 g/mol. The molecule has 2 heterocycles. The number of fused-ring (bicyclic) bond motifs is 1. The minimum absolute atomic E-state index is 0.127. The number of aromatic nitrogens is 3. The van der Waals surface area contributed by atoms with Gasteiger partial charge in [0.25, 0.3) is 0 Å². The third-order valence-corrected chi connectivity index (χ3v) is 5.76. The first-order valence-electron chi connectivity index (χ1n) is 8.61. The number of halogens is 2. The van der Waals surface area contributed by atoms with Crippen LogP contribution < -0.4 is 5.32 Å². The average molecular weight is 431 g/mol. The van der Waals surface area contributed by atoms with E-state index in [0.717, 1.165) is 22.3 Å². The lowest BCUT2D eigenvalue weighted by Gasteiger charge is -2.16. The maximum Gasteiger partial charge on any atom is 0.240 e. The molecule has 28 heavy (non-hydrogen) atoms. The van der Waals surface area contributed by atoms with Crippen LogP contribution in [-0.4, -0.2) is 20.4 Å². The van der Waals surface area contributed by atoms with Crippen molar-refractivity contribution >= 4 is 51.5 Å². The number of rotatable bonds is 5. The summed E-state index contributed by atoms with van der Waals surface area (Å²) in [5, 5.41) is 5.89. The van der Waals surface area contributed by atoms with Gasteiger partial charge in [-0.2, -0.15) is 0 Å². The summed E-state index contributed by atoms with van der Waals surface area (Å²) in [5.41, 5.74) is 5.12. The van der Waals surface area contributed by atoms with Crippen molar-refractivity contribution in [1.29, 1.82) is 0 Å². The zero-order valence-corrected chi connectivity index (χ0v) is 17.2. The molecule has 0 aliphatic rings. The van der Waals surface area contributed by atoms with Gasteiger partial charge in [0.05, 0.1) is 32.6 Å². The first-order valence-corrected chi connectivity index (χ1v) is 10.3. The number of nitrogens with one attached hydrogen (secondary N) is 1. The Morgan fingerprint density at radius 2 is 2.04 bits per heavy atom. The van der Waals surface area contributed by atoms with Crippen LogP contribution in [0.4, 0.5) is 0 Å². The topological polar surface area (TPSA) is 59.8 Å². The predicted molar refractivity (Wildman–Crippen MR) is 114 cm³/mol. The standard InChI is InChI=1S/C20H16Cl2N4OS/c1-12(13-6-7-14(21)15(22)8-13)24-19(27)9-26-18-5-3-2-4-16(18)25-20(26)17-10-28-11-23-17/h2-8,10-12H,9H2,1H3,(H,24,27). The molecule has 1 N–H and O–H groups in total. The summed E-state index contributed by atoms with van der Waals surface area (Å²) < 4.78 is 1.89. The number of hydrogen-bond donors (Lipinski definition) is 1. The second-order valence-corrected chi connectivity index (χ2v) is 7.88. The number of benzene rings is 2. The molecule has 2 aromatic carbocycles. The fourth-order valence-corrected chi connectivity index (χ4v) is 3.89. The van der Waals surface area contributed by atoms with E-state index in [1.54, 1.807) is 17.6 Å². The van der Waals surface area contributed by atoms with Crippen molar-refractivity contribution in [3.8, 4) is 11.5 Å². The first kappa shape index (κ1) is 18.9. The van der Waals surface area contributed by atoms with E-state index in [1.807, 2.05) is 47.2 Å². The lowest BCUT2D eigenvalue weighted by Crippen LogP contribution is -2.30. The molecule has 0 aliphatic heterocycles. The van der Waals surface area contributed by atoms with E-state index in [0.29, 0.717) is 15.9 Å². The Balaban J connectivity index is 1.60. The molecule has 5 nitrogen and oxygen atoms in total. The van der Waals surface area contributed by atoms with Crippen LogP contribution >= 0.6 is 34.5 Å². The van der Waals surface area contributed by atoms with Gasteiger partial charge in [-0.25, -0.2) is 9.97 Å². The molecule has 0 radical (unpaired) electrons. The molecule has 0 saturated heterocycles. The number of carbonyl (C=O) groups is 1. The Morgan fingerprint density at radius 3 is 2.79 bits per heavy atom. The molecule has 0 fully saturated rings. The van der Waals surface area contributed by atoms with E-state index < -0.39 is 0 Å². The van der Waals surface area contributed by atoms with Crippen molar-refractivity contribution in [2.24, 2.45) is 0 Å². The van der Waals surface area contributed by atoms with E-state index in [2.05, 4.69) is 15.3 Å². The quantitative estimate of drug-likeness (QED) is 0.464. The Bertz CT molecular complexity index is 1140. The number of thiazole rings is 1. The summed E-state index contributed by atoms with van der Waals surface area (Å²) in [6.07, 6.45) is 0. The Hall–Kier alpha value is -2.41. The molecule has 0 aliphatic carbocycles. The SMILES string of the molecule is CC(NC(=O)Cn1c(-c2cscn2)nc2ccccc21)c1ccc(Cl)c(Cl)c1. The van der Waals surface area contributed by atoms with Crippen LogP contribution in [0.5, 0.6) is 0 Å². The molecule has 1 amide bonds. The van der Waals surface area contributed by atoms with Gasteiger partial charge in [0.2, 0.25) is 5.91 Å². The van der Waals surface area contributed by atoms with Crippen molar-refractivity contribution < 1.29 is 4.79 Å². The molecular weight excluding hydrogens is 415 g/mol. The summed E-state index contributed by atoms with van der Waals surface area (Å²) in [4.78, 5) is 21.8. The van der Waals surface area contributed by atoms with Crippen molar-refractivity contribution in [2.45, 2.75) is 19.5 Å². The molecule has 142 valence electrons. The zero-order valence-electron chi connectivity index (χ0n) is 14.9. The highest BCUT2D eigenvalue weighted by molar-refractivity contribution is 7.07. The highest BCUT2D eigenvalue weighted by Gasteiger charge is 2.18. The molecule has 0 spiro atoms. The number of carbonyl (C=O) groups excluding carboxylic acids is 1. The summed E-state index contributed by atoms with van der Waals surface area (Å²) in [7, 11) is 0. The van der Waals surface area contributed by atoms with Gasteiger partial charge in [-0.15, -0.1) is 11.3 Å². The molecule has 4 aromatic rings. The van der Waals surface area contributed by atoms with Crippen molar-refractivity contribution in [3.05, 3.63) is 69.0 Å². The van der Waals surface area contributed by atoms with Gasteiger partial charge in [0.15, 0.2) is 5.82 Å². The van der Waals surface area contributed by atoms with Crippen LogP contribution in [0.25, 0.3) is 22.6 Å². The molecule has 0 saturated carbocycles. The summed E-state index contributed by atoms with van der Waals surface area (Å²) in [6.45, 7) is 2.05. The maximum atomic E-state index is 12.8. The fourth-order valence-electron chi connectivity index (χ4n) is 3.05. The molecular formula is C20H16Cl2N4OS. The number of para-hydroxylation sites is 2. The van der Waals surface area contributed by atoms with Crippen molar-refractivity contribution in [3.63, 3.8) is 0 Å². The van der Waals surface area contributed by atoms with E-state index in [9.17, 15) is 4.79 Å². The Kier molecular flexibility index (Phi) is 5.35. The molecule has 8 heteroatoms. The normalized spacial score (nSPS) is 12.2. The largest absolute Gasteiger partial charge is 0.348 e. The molecule has 1 atom stereocenters. The second-order valence-electron chi connectivity index (χ2n) is 6.35. The van der Waals surface area contributed by atoms with Gasteiger partial charge in [-0.05, 0) is 36.8 Å². The van der Waals surface area contributed by atoms with Crippen molar-refractivity contribution in [1.82, 2.24) is 19.9 Å². The molecule has 0 bridgehead atoms. The highest BCUT2D eigenvalue weighted by atomic mass is 35.5. The zero-order chi connectivity index (χ0) is 19.7. The Morgan fingerprint density at radius 1 is 1.21 bits per heavy atom. The third-order valence-electron chi connectivity index (χ3n) is 4.44. The minimum Gasteiger partial charge on any atom is -0.348 e. The smallest absolute Gasteiger partial charge is 0.240 e.